The van der Waals surface area contributed by atoms with Crippen LogP contribution in [0.3, 0.4) is 0 Å². The maximum atomic E-state index is 8.87. The number of aliphatic hydroxyl groups is 1. The Bertz CT molecular complexity index is 390. The van der Waals surface area contributed by atoms with E-state index in [0.717, 1.165) is 18.3 Å². The topological polar surface area (TPSA) is 74.4 Å². The summed E-state index contributed by atoms with van der Waals surface area (Å²) in [7, 11) is 2.00. The second-order valence-corrected chi connectivity index (χ2v) is 5.80. The van der Waals surface area contributed by atoms with Crippen LogP contribution in [0.5, 0.6) is 0 Å². The summed E-state index contributed by atoms with van der Waals surface area (Å²) in [5.74, 6) is 2.03. The lowest BCUT2D eigenvalue weighted by Gasteiger charge is -2.20. The molecule has 20 heavy (non-hydrogen) atoms. The predicted octanol–water partition coefficient (Wildman–Crippen LogP) is 1.13. The van der Waals surface area contributed by atoms with E-state index in [4.69, 9.17) is 9.63 Å². The first kappa shape index (κ1) is 15.4. The highest BCUT2D eigenvalue weighted by molar-refractivity contribution is 4.96. The highest BCUT2D eigenvalue weighted by Crippen LogP contribution is 2.32. The van der Waals surface area contributed by atoms with Crippen molar-refractivity contribution >= 4 is 0 Å². The highest BCUT2D eigenvalue weighted by Gasteiger charge is 2.22. The highest BCUT2D eigenvalue weighted by atomic mass is 16.5. The summed E-state index contributed by atoms with van der Waals surface area (Å²) in [5.41, 5.74) is 0. The Kier molecular flexibility index (Phi) is 5.94. The van der Waals surface area contributed by atoms with E-state index in [9.17, 15) is 0 Å². The van der Waals surface area contributed by atoms with E-state index in [0.29, 0.717) is 25.0 Å². The van der Waals surface area contributed by atoms with Gasteiger partial charge in [0.1, 0.15) is 0 Å². The van der Waals surface area contributed by atoms with Crippen molar-refractivity contribution < 1.29 is 9.63 Å². The molecule has 1 aromatic heterocycles. The molecule has 0 amide bonds. The molecular formula is C14H26N4O2. The minimum Gasteiger partial charge on any atom is -0.395 e. The van der Waals surface area contributed by atoms with Crippen molar-refractivity contribution in [2.45, 2.75) is 51.1 Å². The zero-order valence-corrected chi connectivity index (χ0v) is 12.5. The summed E-state index contributed by atoms with van der Waals surface area (Å²) in [6.07, 6.45) is 4.90. The lowest BCUT2D eigenvalue weighted by Crippen LogP contribution is -2.38. The summed E-state index contributed by atoms with van der Waals surface area (Å²) in [6, 6.07) is 0.319. The van der Waals surface area contributed by atoms with Gasteiger partial charge in [-0.3, -0.25) is 0 Å². The predicted molar refractivity (Wildman–Crippen MR) is 76.4 cm³/mol. The van der Waals surface area contributed by atoms with E-state index in [2.05, 4.69) is 27.3 Å². The minimum atomic E-state index is 0.193. The van der Waals surface area contributed by atoms with Crippen molar-refractivity contribution in [2.24, 2.45) is 0 Å². The molecule has 0 spiro atoms. The van der Waals surface area contributed by atoms with Crippen LogP contribution in [0.4, 0.5) is 0 Å². The standard InChI is InChI=1S/C14H26N4O2/c1-11(10-18(2)7-8-19)15-9-13-16-14(20-17-13)12-5-3-4-6-12/h11-12,15,19H,3-10H2,1-2H3. The van der Waals surface area contributed by atoms with E-state index in [-0.39, 0.29) is 6.61 Å². The van der Waals surface area contributed by atoms with Crippen molar-refractivity contribution in [3.63, 3.8) is 0 Å². The van der Waals surface area contributed by atoms with E-state index >= 15 is 0 Å². The van der Waals surface area contributed by atoms with Gasteiger partial charge in [-0.1, -0.05) is 18.0 Å². The van der Waals surface area contributed by atoms with Gasteiger partial charge in [0.25, 0.3) is 0 Å². The number of hydrogen-bond acceptors (Lipinski definition) is 6. The van der Waals surface area contributed by atoms with Gasteiger partial charge < -0.3 is 19.8 Å². The molecule has 0 radical (unpaired) electrons. The van der Waals surface area contributed by atoms with Gasteiger partial charge in [-0.25, -0.2) is 0 Å². The maximum absolute atomic E-state index is 8.87. The molecule has 6 nitrogen and oxygen atoms in total. The number of likely N-dealkylation sites (N-methyl/N-ethyl adjacent to an activating group) is 1. The molecule has 1 fully saturated rings. The molecule has 2 N–H and O–H groups in total. The average Bonchev–Trinajstić information content (AvgIpc) is 3.07. The van der Waals surface area contributed by atoms with E-state index in [1.165, 1.54) is 25.7 Å². The molecule has 1 unspecified atom stereocenters. The smallest absolute Gasteiger partial charge is 0.229 e. The van der Waals surface area contributed by atoms with Crippen molar-refractivity contribution in [3.8, 4) is 0 Å². The van der Waals surface area contributed by atoms with Crippen LogP contribution in [0.15, 0.2) is 4.52 Å². The van der Waals surface area contributed by atoms with Crippen molar-refractivity contribution in [1.82, 2.24) is 20.4 Å². The first-order chi connectivity index (χ1) is 9.69. The fraction of sp³-hybridized carbons (Fsp3) is 0.857. The van der Waals surface area contributed by atoms with Gasteiger partial charge >= 0.3 is 0 Å². The van der Waals surface area contributed by atoms with Crippen LogP contribution in [0.25, 0.3) is 0 Å². The molecule has 6 heteroatoms. The third-order valence-corrected chi connectivity index (χ3v) is 3.86. The maximum Gasteiger partial charge on any atom is 0.229 e. The average molecular weight is 282 g/mol. The Morgan fingerprint density at radius 1 is 1.45 bits per heavy atom. The number of rotatable bonds is 8. The quantitative estimate of drug-likeness (QED) is 0.744. The van der Waals surface area contributed by atoms with Gasteiger partial charge in [-0.15, -0.1) is 0 Å². The second kappa shape index (κ2) is 7.71. The number of aliphatic hydroxyl groups excluding tert-OH is 1. The number of nitrogens with one attached hydrogen (secondary N) is 1. The molecule has 0 aromatic carbocycles. The van der Waals surface area contributed by atoms with Crippen molar-refractivity contribution in [3.05, 3.63) is 11.7 Å². The lowest BCUT2D eigenvalue weighted by atomic mass is 10.1. The molecule has 1 aromatic rings. The molecule has 2 rings (SSSR count). The fourth-order valence-corrected chi connectivity index (χ4v) is 2.74. The number of aromatic nitrogens is 2. The molecule has 1 heterocycles. The molecule has 114 valence electrons. The third kappa shape index (κ3) is 4.54. The largest absolute Gasteiger partial charge is 0.395 e. The van der Waals surface area contributed by atoms with Gasteiger partial charge in [0.2, 0.25) is 5.89 Å². The molecular weight excluding hydrogens is 256 g/mol. The molecule has 1 atom stereocenters. The van der Waals surface area contributed by atoms with E-state index in [1.807, 2.05) is 7.05 Å². The second-order valence-electron chi connectivity index (χ2n) is 5.80. The van der Waals surface area contributed by atoms with E-state index in [1.54, 1.807) is 0 Å². The first-order valence-corrected chi connectivity index (χ1v) is 7.54. The van der Waals surface area contributed by atoms with Crippen LogP contribution >= 0.6 is 0 Å². The molecule has 0 bridgehead atoms. The summed E-state index contributed by atoms with van der Waals surface area (Å²) in [6.45, 7) is 4.52. The van der Waals surface area contributed by atoms with E-state index < -0.39 is 0 Å². The van der Waals surface area contributed by atoms with Crippen LogP contribution in [0.1, 0.15) is 50.2 Å². The van der Waals surface area contributed by atoms with Crippen molar-refractivity contribution in [2.75, 3.05) is 26.7 Å². The van der Waals surface area contributed by atoms with Gasteiger partial charge in [-0.05, 0) is 26.8 Å². The summed E-state index contributed by atoms with van der Waals surface area (Å²) in [4.78, 5) is 6.58. The zero-order chi connectivity index (χ0) is 14.4. The van der Waals surface area contributed by atoms with Gasteiger partial charge in [-0.2, -0.15) is 4.98 Å². The summed E-state index contributed by atoms with van der Waals surface area (Å²) in [5, 5.41) is 16.3. The minimum absolute atomic E-state index is 0.193. The Labute approximate surface area is 120 Å². The Morgan fingerprint density at radius 3 is 2.90 bits per heavy atom. The molecule has 0 aliphatic heterocycles. The SMILES string of the molecule is CC(CN(C)CCO)NCc1noc(C2CCCC2)n1. The van der Waals surface area contributed by atoms with Crippen LogP contribution in [0, 0.1) is 0 Å². The Morgan fingerprint density at radius 2 is 2.20 bits per heavy atom. The normalized spacial score (nSPS) is 18.0. The Balaban J connectivity index is 1.73. The molecule has 1 saturated carbocycles. The lowest BCUT2D eigenvalue weighted by molar-refractivity contribution is 0.210. The molecule has 0 saturated heterocycles. The molecule has 1 aliphatic rings. The molecule has 1 aliphatic carbocycles. The fourth-order valence-electron chi connectivity index (χ4n) is 2.74. The van der Waals surface area contributed by atoms with Gasteiger partial charge in [0.05, 0.1) is 13.2 Å². The number of hydrogen-bond donors (Lipinski definition) is 2. The van der Waals surface area contributed by atoms with Gasteiger partial charge in [0, 0.05) is 25.0 Å². The van der Waals surface area contributed by atoms with Gasteiger partial charge in [0.15, 0.2) is 5.82 Å². The Hall–Kier alpha value is -0.980. The van der Waals surface area contributed by atoms with Crippen LogP contribution in [-0.4, -0.2) is 52.9 Å². The monoisotopic (exact) mass is 282 g/mol. The third-order valence-electron chi connectivity index (χ3n) is 3.86. The summed E-state index contributed by atoms with van der Waals surface area (Å²) < 4.78 is 5.36. The number of nitrogens with zero attached hydrogens (tertiary/aromatic N) is 3. The van der Waals surface area contributed by atoms with Crippen LogP contribution in [0.2, 0.25) is 0 Å². The first-order valence-electron chi connectivity index (χ1n) is 7.54. The van der Waals surface area contributed by atoms with Crippen LogP contribution < -0.4 is 5.32 Å². The van der Waals surface area contributed by atoms with Crippen LogP contribution in [-0.2, 0) is 6.54 Å². The zero-order valence-electron chi connectivity index (χ0n) is 12.5. The summed E-state index contributed by atoms with van der Waals surface area (Å²) >= 11 is 0. The van der Waals surface area contributed by atoms with Crippen molar-refractivity contribution in [1.29, 1.82) is 0 Å².